The predicted molar refractivity (Wildman–Crippen MR) is 91.7 cm³/mol. The van der Waals surface area contributed by atoms with Crippen molar-refractivity contribution in [2.24, 2.45) is 5.92 Å². The van der Waals surface area contributed by atoms with E-state index in [-0.39, 0.29) is 5.91 Å². The summed E-state index contributed by atoms with van der Waals surface area (Å²) in [5.41, 5.74) is 3.17. The molecule has 2 aromatic rings. The van der Waals surface area contributed by atoms with Crippen molar-refractivity contribution in [2.45, 2.75) is 32.6 Å². The second-order valence-corrected chi connectivity index (χ2v) is 6.72. The number of carbonyl (C=O) groups excluding carboxylic acids is 1. The van der Waals surface area contributed by atoms with Gasteiger partial charge in [-0.3, -0.25) is 9.89 Å². The van der Waals surface area contributed by atoms with Gasteiger partial charge >= 0.3 is 0 Å². The number of nitrogens with one attached hydrogen (secondary N) is 1. The summed E-state index contributed by atoms with van der Waals surface area (Å²) >= 11 is 6.01. The molecule has 23 heavy (non-hydrogen) atoms. The maximum absolute atomic E-state index is 12.5. The van der Waals surface area contributed by atoms with Crippen molar-refractivity contribution >= 4 is 17.5 Å². The summed E-state index contributed by atoms with van der Waals surface area (Å²) < 4.78 is 0. The van der Waals surface area contributed by atoms with E-state index in [1.54, 1.807) is 0 Å². The highest BCUT2D eigenvalue weighted by Gasteiger charge is 2.26. The van der Waals surface area contributed by atoms with E-state index in [4.69, 9.17) is 11.6 Å². The third-order valence-corrected chi connectivity index (χ3v) is 4.98. The predicted octanol–water partition coefficient (Wildman–Crippen LogP) is 3.86. The number of amides is 1. The molecular formula is C18H22ClN3O. The van der Waals surface area contributed by atoms with Gasteiger partial charge < -0.3 is 4.90 Å². The van der Waals surface area contributed by atoms with Crippen LogP contribution in [0.15, 0.2) is 30.5 Å². The van der Waals surface area contributed by atoms with E-state index in [9.17, 15) is 4.79 Å². The van der Waals surface area contributed by atoms with Gasteiger partial charge in [0.05, 0.1) is 11.2 Å². The summed E-state index contributed by atoms with van der Waals surface area (Å²) in [4.78, 5) is 14.4. The largest absolute Gasteiger partial charge is 0.337 e. The van der Waals surface area contributed by atoms with Crippen molar-refractivity contribution in [2.75, 3.05) is 13.1 Å². The monoisotopic (exact) mass is 331 g/mol. The maximum Gasteiger partial charge on any atom is 0.273 e. The number of carbonyl (C=O) groups is 1. The second kappa shape index (κ2) is 7.18. The first kappa shape index (κ1) is 16.1. The van der Waals surface area contributed by atoms with Crippen molar-refractivity contribution in [3.8, 4) is 0 Å². The number of H-pyrrole nitrogens is 1. The molecule has 1 aliphatic heterocycles. The third kappa shape index (κ3) is 3.75. The lowest BCUT2D eigenvalue weighted by Crippen LogP contribution is -2.40. The molecule has 4 nitrogen and oxygen atoms in total. The zero-order chi connectivity index (χ0) is 16.2. The molecule has 5 heteroatoms. The number of piperidine rings is 1. The molecule has 0 aliphatic carbocycles. The summed E-state index contributed by atoms with van der Waals surface area (Å²) in [5, 5.41) is 6.95. The number of hydrogen-bond acceptors (Lipinski definition) is 2. The van der Waals surface area contributed by atoms with Gasteiger partial charge in [0, 0.05) is 13.1 Å². The molecular weight excluding hydrogens is 310 g/mol. The minimum Gasteiger partial charge on any atom is -0.337 e. The molecule has 0 saturated carbocycles. The van der Waals surface area contributed by atoms with Crippen LogP contribution in [0.4, 0.5) is 0 Å². The Morgan fingerprint density at radius 3 is 3.00 bits per heavy atom. The van der Waals surface area contributed by atoms with Crippen LogP contribution in [0.1, 0.15) is 40.9 Å². The number of hydrogen-bond donors (Lipinski definition) is 1. The maximum atomic E-state index is 12.5. The van der Waals surface area contributed by atoms with Crippen molar-refractivity contribution in [1.29, 1.82) is 0 Å². The molecule has 1 saturated heterocycles. The summed E-state index contributed by atoms with van der Waals surface area (Å²) in [5.74, 6) is 0.516. The Hall–Kier alpha value is -1.81. The second-order valence-electron chi connectivity index (χ2n) is 6.32. The van der Waals surface area contributed by atoms with E-state index in [2.05, 4.69) is 41.4 Å². The van der Waals surface area contributed by atoms with Crippen LogP contribution in [0, 0.1) is 12.8 Å². The number of rotatable bonds is 4. The number of nitrogens with zero attached hydrogens (tertiary/aromatic N) is 2. The molecule has 122 valence electrons. The highest BCUT2D eigenvalue weighted by atomic mass is 35.5. The highest BCUT2D eigenvalue weighted by Crippen LogP contribution is 2.24. The fourth-order valence-corrected chi connectivity index (χ4v) is 3.49. The van der Waals surface area contributed by atoms with Crippen LogP contribution in [0.3, 0.4) is 0 Å². The van der Waals surface area contributed by atoms with Gasteiger partial charge in [-0.2, -0.15) is 5.10 Å². The standard InChI is InChI=1S/C18H22ClN3O/c1-13-5-2-3-7-15(13)9-8-14-6-4-10-22(12-14)18(23)17-16(19)11-20-21-17/h2-3,5,7,11,14H,4,6,8-10,12H2,1H3,(H,20,21). The van der Waals surface area contributed by atoms with Gasteiger partial charge in [0.2, 0.25) is 0 Å². The summed E-state index contributed by atoms with van der Waals surface area (Å²) in [6.45, 7) is 3.77. The van der Waals surface area contributed by atoms with E-state index in [0.717, 1.165) is 32.4 Å². The van der Waals surface area contributed by atoms with Gasteiger partial charge in [-0.15, -0.1) is 0 Å². The van der Waals surface area contributed by atoms with Gasteiger partial charge in [0.25, 0.3) is 5.91 Å². The quantitative estimate of drug-likeness (QED) is 0.924. The zero-order valence-electron chi connectivity index (χ0n) is 13.4. The molecule has 1 fully saturated rings. The van der Waals surface area contributed by atoms with Crippen molar-refractivity contribution in [3.05, 3.63) is 52.3 Å². The summed E-state index contributed by atoms with van der Waals surface area (Å²) in [6.07, 6.45) is 5.91. The number of likely N-dealkylation sites (tertiary alicyclic amines) is 1. The average Bonchev–Trinajstić information content (AvgIpc) is 3.00. The van der Waals surface area contributed by atoms with Crippen LogP contribution in [-0.2, 0) is 6.42 Å². The zero-order valence-corrected chi connectivity index (χ0v) is 14.1. The Bertz CT molecular complexity index is 682. The van der Waals surface area contributed by atoms with Crippen LogP contribution < -0.4 is 0 Å². The highest BCUT2D eigenvalue weighted by molar-refractivity contribution is 6.33. The molecule has 1 unspecified atom stereocenters. The van der Waals surface area contributed by atoms with Crippen molar-refractivity contribution < 1.29 is 4.79 Å². The van der Waals surface area contributed by atoms with Gasteiger partial charge in [-0.05, 0) is 49.7 Å². The smallest absolute Gasteiger partial charge is 0.273 e. The third-order valence-electron chi connectivity index (χ3n) is 4.70. The van der Waals surface area contributed by atoms with Crippen LogP contribution in [0.2, 0.25) is 5.02 Å². The Labute approximate surface area is 141 Å². The molecule has 0 radical (unpaired) electrons. The first-order chi connectivity index (χ1) is 11.1. The molecule has 2 heterocycles. The molecule has 1 atom stereocenters. The minimum atomic E-state index is -0.0342. The molecule has 1 N–H and O–H groups in total. The number of halogens is 1. The van der Waals surface area contributed by atoms with E-state index in [1.165, 1.54) is 23.7 Å². The fourth-order valence-electron chi connectivity index (χ4n) is 3.31. The molecule has 1 amide bonds. The van der Waals surface area contributed by atoms with Crippen LogP contribution in [0.25, 0.3) is 0 Å². The Morgan fingerprint density at radius 2 is 2.26 bits per heavy atom. The number of aromatic amines is 1. The number of benzene rings is 1. The van der Waals surface area contributed by atoms with Gasteiger partial charge in [-0.25, -0.2) is 0 Å². The molecule has 1 aliphatic rings. The summed E-state index contributed by atoms with van der Waals surface area (Å²) in [6, 6.07) is 8.53. The average molecular weight is 332 g/mol. The van der Waals surface area contributed by atoms with Crippen molar-refractivity contribution in [1.82, 2.24) is 15.1 Å². The summed E-state index contributed by atoms with van der Waals surface area (Å²) in [7, 11) is 0. The topological polar surface area (TPSA) is 49.0 Å². The molecule has 0 spiro atoms. The van der Waals surface area contributed by atoms with Crippen molar-refractivity contribution in [3.63, 3.8) is 0 Å². The lowest BCUT2D eigenvalue weighted by Gasteiger charge is -2.32. The Balaban J connectivity index is 1.59. The number of aryl methyl sites for hydroxylation is 2. The SMILES string of the molecule is Cc1ccccc1CCC1CCCN(C(=O)c2[nH]ncc2Cl)C1. The number of aromatic nitrogens is 2. The lowest BCUT2D eigenvalue weighted by molar-refractivity contribution is 0.0662. The lowest BCUT2D eigenvalue weighted by atomic mass is 9.90. The molecule has 3 rings (SSSR count). The van der Waals surface area contributed by atoms with Crippen LogP contribution >= 0.6 is 11.6 Å². The van der Waals surface area contributed by atoms with Gasteiger partial charge in [0.1, 0.15) is 5.69 Å². The van der Waals surface area contributed by atoms with E-state index in [0.29, 0.717) is 16.6 Å². The first-order valence-electron chi connectivity index (χ1n) is 8.18. The Morgan fingerprint density at radius 1 is 1.43 bits per heavy atom. The van der Waals surface area contributed by atoms with Crippen LogP contribution in [-0.4, -0.2) is 34.1 Å². The normalized spacial score (nSPS) is 18.2. The van der Waals surface area contributed by atoms with E-state index in [1.807, 2.05) is 4.90 Å². The molecule has 0 bridgehead atoms. The van der Waals surface area contributed by atoms with Crippen LogP contribution in [0.5, 0.6) is 0 Å². The van der Waals surface area contributed by atoms with E-state index < -0.39 is 0 Å². The fraction of sp³-hybridized carbons (Fsp3) is 0.444. The van der Waals surface area contributed by atoms with Gasteiger partial charge in [-0.1, -0.05) is 35.9 Å². The van der Waals surface area contributed by atoms with E-state index >= 15 is 0 Å². The first-order valence-corrected chi connectivity index (χ1v) is 8.55. The van der Waals surface area contributed by atoms with Gasteiger partial charge in [0.15, 0.2) is 0 Å². The molecule has 1 aromatic heterocycles. The molecule has 1 aromatic carbocycles. The Kier molecular flexibility index (Phi) is 5.01. The minimum absolute atomic E-state index is 0.0342.